The van der Waals surface area contributed by atoms with Crippen LogP contribution < -0.4 is 4.74 Å². The predicted octanol–water partition coefficient (Wildman–Crippen LogP) is 4.51. The summed E-state index contributed by atoms with van der Waals surface area (Å²) in [5.74, 6) is 0.585. The van der Waals surface area contributed by atoms with Crippen molar-refractivity contribution in [2.75, 3.05) is 6.61 Å². The van der Waals surface area contributed by atoms with Crippen LogP contribution in [0.25, 0.3) is 0 Å². The summed E-state index contributed by atoms with van der Waals surface area (Å²) >= 11 is 0. The lowest BCUT2D eigenvalue weighted by Gasteiger charge is -2.07. The molecule has 0 unspecified atom stereocenters. The van der Waals surface area contributed by atoms with Crippen LogP contribution in [0, 0.1) is 13.8 Å². The molecule has 0 spiro atoms. The number of carbonyl (C=O) groups excluding carboxylic acids is 1. The lowest BCUT2D eigenvalue weighted by molar-refractivity contribution is 0.0818. The van der Waals surface area contributed by atoms with Crippen molar-refractivity contribution in [3.05, 3.63) is 46.8 Å². The van der Waals surface area contributed by atoms with E-state index < -0.39 is 0 Å². The highest BCUT2D eigenvalue weighted by atomic mass is 16.5. The molecule has 4 nitrogen and oxygen atoms in total. The molecule has 0 N–H and O–H groups in total. The van der Waals surface area contributed by atoms with E-state index in [0.717, 1.165) is 30.7 Å². The van der Waals surface area contributed by atoms with Gasteiger partial charge in [0.05, 0.1) is 5.69 Å². The van der Waals surface area contributed by atoms with Crippen LogP contribution in [0.1, 0.15) is 60.4 Å². The highest BCUT2D eigenvalue weighted by molar-refractivity contribution is 5.80. The Bertz CT molecular complexity index is 672. The van der Waals surface area contributed by atoms with Gasteiger partial charge in [0.2, 0.25) is 0 Å². The van der Waals surface area contributed by atoms with Gasteiger partial charge in [0.25, 0.3) is 5.91 Å². The van der Waals surface area contributed by atoms with Crippen LogP contribution >= 0.6 is 0 Å². The van der Waals surface area contributed by atoms with Crippen LogP contribution in [0.4, 0.5) is 0 Å². The number of nitrogens with zero attached hydrogens (tertiary/aromatic N) is 2. The van der Waals surface area contributed by atoms with Gasteiger partial charge in [-0.3, -0.25) is 4.79 Å². The topological polar surface area (TPSA) is 44.1 Å². The minimum Gasteiger partial charge on any atom is -0.484 e. The summed E-state index contributed by atoms with van der Waals surface area (Å²) in [5, 5.41) is 4.42. The van der Waals surface area contributed by atoms with Gasteiger partial charge in [0.1, 0.15) is 5.75 Å². The van der Waals surface area contributed by atoms with Crippen molar-refractivity contribution in [3.8, 4) is 5.75 Å². The minimum absolute atomic E-state index is 0.00182. The average molecular weight is 328 g/mol. The molecular formula is C20H28N2O2. The van der Waals surface area contributed by atoms with E-state index in [-0.39, 0.29) is 12.5 Å². The zero-order valence-electron chi connectivity index (χ0n) is 15.3. The highest BCUT2D eigenvalue weighted by Crippen LogP contribution is 2.17. The Morgan fingerprint density at radius 2 is 1.83 bits per heavy atom. The first kappa shape index (κ1) is 18.2. The van der Waals surface area contributed by atoms with Gasteiger partial charge < -0.3 is 4.74 Å². The van der Waals surface area contributed by atoms with E-state index in [4.69, 9.17) is 4.74 Å². The molecule has 0 bridgehead atoms. The van der Waals surface area contributed by atoms with Crippen molar-refractivity contribution in [2.45, 2.75) is 59.8 Å². The first-order valence-corrected chi connectivity index (χ1v) is 8.86. The van der Waals surface area contributed by atoms with Gasteiger partial charge in [-0.2, -0.15) is 5.10 Å². The quantitative estimate of drug-likeness (QED) is 0.669. The number of aryl methyl sites for hydroxylation is 2. The van der Waals surface area contributed by atoms with Crippen LogP contribution in [0.3, 0.4) is 0 Å². The van der Waals surface area contributed by atoms with Crippen LogP contribution in [-0.4, -0.2) is 22.3 Å². The van der Waals surface area contributed by atoms with E-state index in [0.29, 0.717) is 5.75 Å². The molecule has 0 radical (unpaired) electrons. The summed E-state index contributed by atoms with van der Waals surface area (Å²) in [6, 6.07) is 7.86. The number of hydrogen-bond acceptors (Lipinski definition) is 3. The smallest absolute Gasteiger partial charge is 0.284 e. The average Bonchev–Trinajstić information content (AvgIpc) is 2.88. The second kappa shape index (κ2) is 8.67. The van der Waals surface area contributed by atoms with Gasteiger partial charge >= 0.3 is 0 Å². The third-order valence-electron chi connectivity index (χ3n) is 4.40. The molecule has 130 valence electrons. The lowest BCUT2D eigenvalue weighted by atomic mass is 10.1. The van der Waals surface area contributed by atoms with Crippen molar-refractivity contribution in [3.63, 3.8) is 0 Å². The molecular weight excluding hydrogens is 300 g/mol. The normalized spacial score (nSPS) is 10.8. The van der Waals surface area contributed by atoms with Gasteiger partial charge in [-0.05, 0) is 56.4 Å². The fourth-order valence-corrected chi connectivity index (χ4v) is 2.86. The zero-order chi connectivity index (χ0) is 17.5. The third-order valence-corrected chi connectivity index (χ3v) is 4.40. The van der Waals surface area contributed by atoms with Crippen LogP contribution in [0.15, 0.2) is 24.3 Å². The van der Waals surface area contributed by atoms with Crippen molar-refractivity contribution in [2.24, 2.45) is 0 Å². The molecule has 0 amide bonds. The van der Waals surface area contributed by atoms with Gasteiger partial charge in [-0.25, -0.2) is 4.68 Å². The van der Waals surface area contributed by atoms with Crippen molar-refractivity contribution in [1.82, 2.24) is 9.78 Å². The Morgan fingerprint density at radius 3 is 2.46 bits per heavy atom. The van der Waals surface area contributed by atoms with E-state index in [1.165, 1.54) is 28.7 Å². The van der Waals surface area contributed by atoms with E-state index in [1.54, 1.807) is 0 Å². The van der Waals surface area contributed by atoms with Crippen molar-refractivity contribution < 1.29 is 9.53 Å². The van der Waals surface area contributed by atoms with E-state index in [1.807, 2.05) is 38.1 Å². The number of benzene rings is 1. The van der Waals surface area contributed by atoms with Gasteiger partial charge in [-0.15, -0.1) is 0 Å². The molecule has 1 heterocycles. The molecule has 0 aliphatic heterocycles. The van der Waals surface area contributed by atoms with Crippen LogP contribution in [-0.2, 0) is 12.8 Å². The number of hydrogen-bond donors (Lipinski definition) is 0. The maximum atomic E-state index is 12.4. The fourth-order valence-electron chi connectivity index (χ4n) is 2.86. The molecule has 0 saturated heterocycles. The second-order valence-corrected chi connectivity index (χ2v) is 6.20. The predicted molar refractivity (Wildman–Crippen MR) is 96.9 cm³/mol. The summed E-state index contributed by atoms with van der Waals surface area (Å²) in [5.41, 5.74) is 4.34. The first-order chi connectivity index (χ1) is 11.6. The Hall–Kier alpha value is -2.10. The third kappa shape index (κ3) is 4.47. The molecule has 0 saturated carbocycles. The van der Waals surface area contributed by atoms with Crippen molar-refractivity contribution in [1.29, 1.82) is 0 Å². The summed E-state index contributed by atoms with van der Waals surface area (Å²) in [4.78, 5) is 12.4. The SMILES string of the molecule is CCCCCc1c(C)nn(C(=O)COc2ccc(CC)cc2)c1C. The monoisotopic (exact) mass is 328 g/mol. The van der Waals surface area contributed by atoms with E-state index in [9.17, 15) is 4.79 Å². The van der Waals surface area contributed by atoms with Crippen molar-refractivity contribution >= 4 is 5.91 Å². The largest absolute Gasteiger partial charge is 0.484 e. The first-order valence-electron chi connectivity index (χ1n) is 8.86. The van der Waals surface area contributed by atoms with E-state index in [2.05, 4.69) is 18.9 Å². The standard InChI is InChI=1S/C20H28N2O2/c1-5-7-8-9-19-15(3)21-22(16(19)4)20(23)14-24-18-12-10-17(6-2)11-13-18/h10-13H,5-9,14H2,1-4H3. The van der Waals surface area contributed by atoms with E-state index >= 15 is 0 Å². The van der Waals surface area contributed by atoms with Gasteiger partial charge in [0.15, 0.2) is 6.61 Å². The lowest BCUT2D eigenvalue weighted by Crippen LogP contribution is -2.21. The number of rotatable bonds is 8. The number of ether oxygens (including phenoxy) is 1. The van der Waals surface area contributed by atoms with Gasteiger partial charge in [-0.1, -0.05) is 38.8 Å². The molecule has 2 rings (SSSR count). The molecule has 0 atom stereocenters. The zero-order valence-corrected chi connectivity index (χ0v) is 15.3. The molecule has 0 aliphatic carbocycles. The molecule has 2 aromatic rings. The maximum absolute atomic E-state index is 12.4. The fraction of sp³-hybridized carbons (Fsp3) is 0.500. The Balaban J connectivity index is 1.99. The van der Waals surface area contributed by atoms with Gasteiger partial charge in [0, 0.05) is 5.69 Å². The summed E-state index contributed by atoms with van der Waals surface area (Å²) in [6.07, 6.45) is 5.51. The number of unbranched alkanes of at least 4 members (excludes halogenated alkanes) is 2. The molecule has 24 heavy (non-hydrogen) atoms. The maximum Gasteiger partial charge on any atom is 0.284 e. The Labute approximate surface area is 144 Å². The molecule has 0 fully saturated rings. The molecule has 1 aromatic heterocycles. The molecule has 0 aliphatic rings. The summed E-state index contributed by atoms with van der Waals surface area (Å²) < 4.78 is 7.11. The summed E-state index contributed by atoms with van der Waals surface area (Å²) in [7, 11) is 0. The van der Waals surface area contributed by atoms with Crippen LogP contribution in [0.5, 0.6) is 5.75 Å². The Kier molecular flexibility index (Phi) is 6.59. The highest BCUT2D eigenvalue weighted by Gasteiger charge is 2.16. The summed E-state index contributed by atoms with van der Waals surface area (Å²) in [6.45, 7) is 8.25. The van der Waals surface area contributed by atoms with Crippen LogP contribution in [0.2, 0.25) is 0 Å². The molecule has 4 heteroatoms. The number of carbonyl (C=O) groups is 1. The number of aromatic nitrogens is 2. The second-order valence-electron chi connectivity index (χ2n) is 6.20. The Morgan fingerprint density at radius 1 is 1.12 bits per heavy atom. The molecule has 1 aromatic carbocycles. The minimum atomic E-state index is -0.128.